The molecule has 3 nitrogen and oxygen atoms in total. The SMILES string of the molecule is Cc1cc(-c2ccc(-c3ccccc3)cc2)nc(-c2cc(-c3ccccc3-c3cnc(-c4ccccc4)cc3C)c3c(c2)C(c2ccccc2)(c2ccccc2)c2ccccc2-3)n1. The Morgan fingerprint density at radius 3 is 1.49 bits per heavy atom. The number of aromatic nitrogens is 3. The van der Waals surface area contributed by atoms with Crippen LogP contribution < -0.4 is 0 Å². The van der Waals surface area contributed by atoms with Crippen LogP contribution in [0.15, 0.2) is 225 Å². The van der Waals surface area contributed by atoms with Gasteiger partial charge in [-0.05, 0) is 105 Å². The largest absolute Gasteiger partial charge is 0.256 e. The zero-order chi connectivity index (χ0) is 42.3. The number of hydrogen-bond donors (Lipinski definition) is 0. The molecule has 0 unspecified atom stereocenters. The van der Waals surface area contributed by atoms with Gasteiger partial charge in [-0.3, -0.25) is 4.98 Å². The molecule has 8 aromatic carbocycles. The summed E-state index contributed by atoms with van der Waals surface area (Å²) in [7, 11) is 0. The lowest BCUT2D eigenvalue weighted by atomic mass is 9.67. The van der Waals surface area contributed by atoms with Crippen LogP contribution in [-0.2, 0) is 5.41 Å². The van der Waals surface area contributed by atoms with Crippen molar-refractivity contribution in [1.82, 2.24) is 15.0 Å². The molecule has 10 aromatic rings. The Balaban J connectivity index is 1.18. The summed E-state index contributed by atoms with van der Waals surface area (Å²) in [4.78, 5) is 15.6. The quantitative estimate of drug-likeness (QED) is 0.154. The van der Waals surface area contributed by atoms with Gasteiger partial charge in [-0.1, -0.05) is 194 Å². The van der Waals surface area contributed by atoms with E-state index in [4.69, 9.17) is 15.0 Å². The predicted molar refractivity (Wildman–Crippen MR) is 259 cm³/mol. The zero-order valence-corrected chi connectivity index (χ0v) is 35.2. The molecule has 0 radical (unpaired) electrons. The highest BCUT2D eigenvalue weighted by Crippen LogP contribution is 2.59. The van der Waals surface area contributed by atoms with E-state index >= 15 is 0 Å². The zero-order valence-electron chi connectivity index (χ0n) is 35.2. The number of benzene rings is 8. The highest BCUT2D eigenvalue weighted by Gasteiger charge is 2.47. The van der Waals surface area contributed by atoms with Crippen LogP contribution in [0, 0.1) is 13.8 Å². The summed E-state index contributed by atoms with van der Waals surface area (Å²) in [5, 5.41) is 0. The van der Waals surface area contributed by atoms with Crippen LogP contribution in [-0.4, -0.2) is 15.0 Å². The summed E-state index contributed by atoms with van der Waals surface area (Å²) in [6.07, 6.45) is 2.05. The summed E-state index contributed by atoms with van der Waals surface area (Å²) in [6, 6.07) is 78.4. The van der Waals surface area contributed by atoms with Crippen LogP contribution in [0.1, 0.15) is 33.5 Å². The second kappa shape index (κ2) is 15.8. The van der Waals surface area contributed by atoms with E-state index in [0.29, 0.717) is 5.82 Å². The molecule has 0 saturated carbocycles. The van der Waals surface area contributed by atoms with Gasteiger partial charge in [0.1, 0.15) is 0 Å². The van der Waals surface area contributed by atoms with E-state index in [-0.39, 0.29) is 0 Å². The summed E-state index contributed by atoms with van der Waals surface area (Å²) in [5.74, 6) is 0.690. The third-order valence-corrected chi connectivity index (χ3v) is 12.6. The van der Waals surface area contributed by atoms with Crippen molar-refractivity contribution in [3.05, 3.63) is 258 Å². The van der Waals surface area contributed by atoms with E-state index < -0.39 is 5.41 Å². The minimum atomic E-state index is -0.622. The summed E-state index contributed by atoms with van der Waals surface area (Å²) < 4.78 is 0. The Morgan fingerprint density at radius 1 is 0.349 bits per heavy atom. The molecule has 63 heavy (non-hydrogen) atoms. The molecule has 3 heteroatoms. The second-order valence-corrected chi connectivity index (χ2v) is 16.4. The number of hydrogen-bond acceptors (Lipinski definition) is 3. The summed E-state index contributed by atoms with van der Waals surface area (Å²) in [6.45, 7) is 4.26. The first-order valence-electron chi connectivity index (χ1n) is 21.6. The van der Waals surface area contributed by atoms with Crippen LogP contribution in [0.3, 0.4) is 0 Å². The van der Waals surface area contributed by atoms with E-state index in [2.05, 4.69) is 226 Å². The lowest BCUT2D eigenvalue weighted by Crippen LogP contribution is -2.28. The Kier molecular flexibility index (Phi) is 9.51. The molecule has 0 amide bonds. The molecule has 0 spiro atoms. The molecule has 2 aromatic heterocycles. The van der Waals surface area contributed by atoms with Crippen molar-refractivity contribution in [3.63, 3.8) is 0 Å². The monoisotopic (exact) mass is 805 g/mol. The van der Waals surface area contributed by atoms with Gasteiger partial charge >= 0.3 is 0 Å². The molecular formula is C60H43N3. The van der Waals surface area contributed by atoms with Crippen LogP contribution >= 0.6 is 0 Å². The number of nitrogens with zero attached hydrogens (tertiary/aromatic N) is 3. The van der Waals surface area contributed by atoms with Crippen LogP contribution in [0.2, 0.25) is 0 Å². The highest BCUT2D eigenvalue weighted by molar-refractivity contribution is 6.01. The lowest BCUT2D eigenvalue weighted by molar-refractivity contribution is 0.768. The summed E-state index contributed by atoms with van der Waals surface area (Å²) in [5.41, 5.74) is 20.6. The van der Waals surface area contributed by atoms with Crippen LogP contribution in [0.4, 0.5) is 0 Å². The van der Waals surface area contributed by atoms with Crippen molar-refractivity contribution in [2.45, 2.75) is 19.3 Å². The highest BCUT2D eigenvalue weighted by atomic mass is 14.9. The molecule has 0 fully saturated rings. The maximum Gasteiger partial charge on any atom is 0.160 e. The van der Waals surface area contributed by atoms with Gasteiger partial charge in [0.2, 0.25) is 0 Å². The van der Waals surface area contributed by atoms with E-state index in [1.807, 2.05) is 12.3 Å². The van der Waals surface area contributed by atoms with Gasteiger partial charge in [0.15, 0.2) is 5.82 Å². The predicted octanol–water partition coefficient (Wildman–Crippen LogP) is 14.9. The maximum atomic E-state index is 5.39. The Bertz CT molecular complexity index is 3230. The van der Waals surface area contributed by atoms with Gasteiger partial charge in [0, 0.05) is 34.1 Å². The topological polar surface area (TPSA) is 38.7 Å². The Labute approximate surface area is 369 Å². The van der Waals surface area contributed by atoms with Gasteiger partial charge in [-0.15, -0.1) is 0 Å². The van der Waals surface area contributed by atoms with E-state index in [0.717, 1.165) is 61.6 Å². The van der Waals surface area contributed by atoms with Crippen molar-refractivity contribution in [3.8, 4) is 78.4 Å². The fraction of sp³-hybridized carbons (Fsp3) is 0.0500. The fourth-order valence-electron chi connectivity index (χ4n) is 9.77. The molecule has 0 atom stereocenters. The molecule has 0 bridgehead atoms. The summed E-state index contributed by atoms with van der Waals surface area (Å²) >= 11 is 0. The average Bonchev–Trinajstić information content (AvgIpc) is 3.65. The first kappa shape index (κ1) is 38.0. The molecule has 1 aliphatic carbocycles. The van der Waals surface area contributed by atoms with Crippen molar-refractivity contribution in [2.75, 3.05) is 0 Å². The third kappa shape index (κ3) is 6.57. The average molecular weight is 806 g/mol. The fourth-order valence-corrected chi connectivity index (χ4v) is 9.77. The minimum Gasteiger partial charge on any atom is -0.256 e. The smallest absolute Gasteiger partial charge is 0.160 e. The number of rotatable bonds is 8. The van der Waals surface area contributed by atoms with E-state index in [1.54, 1.807) is 0 Å². The minimum absolute atomic E-state index is 0.622. The van der Waals surface area contributed by atoms with Crippen molar-refractivity contribution >= 4 is 0 Å². The Morgan fingerprint density at radius 2 is 0.857 bits per heavy atom. The standard InChI is InChI=1S/C60H43N3/c1-40-35-56(44-21-9-4-10-22-44)61-39-53(40)50-28-16-15-27-49(50)52-37-46(59-62-41(2)36-57(63-59)45-33-31-43(32-34-45)42-19-7-3-8-20-42)38-55-58(52)51-29-17-18-30-54(51)60(55,47-23-11-5-12-24-47)48-25-13-6-14-26-48/h3-39H,1-2H3. The molecule has 0 N–H and O–H groups in total. The van der Waals surface area contributed by atoms with Gasteiger partial charge in [0.25, 0.3) is 0 Å². The molecule has 11 rings (SSSR count). The molecule has 2 heterocycles. The van der Waals surface area contributed by atoms with Crippen molar-refractivity contribution in [1.29, 1.82) is 0 Å². The van der Waals surface area contributed by atoms with Crippen molar-refractivity contribution in [2.24, 2.45) is 0 Å². The number of aryl methyl sites for hydroxylation is 2. The normalized spacial score (nSPS) is 12.4. The molecule has 1 aliphatic rings. The molecule has 0 aliphatic heterocycles. The number of pyridine rings is 1. The molecule has 0 saturated heterocycles. The second-order valence-electron chi connectivity index (χ2n) is 16.4. The third-order valence-electron chi connectivity index (χ3n) is 12.6. The first-order valence-corrected chi connectivity index (χ1v) is 21.6. The first-order chi connectivity index (χ1) is 31.1. The molecule has 298 valence electrons. The van der Waals surface area contributed by atoms with Gasteiger partial charge in [-0.2, -0.15) is 0 Å². The van der Waals surface area contributed by atoms with E-state index in [1.165, 1.54) is 44.5 Å². The van der Waals surface area contributed by atoms with Gasteiger partial charge < -0.3 is 0 Å². The van der Waals surface area contributed by atoms with E-state index in [9.17, 15) is 0 Å². The number of fused-ring (bicyclic) bond motifs is 3. The maximum absolute atomic E-state index is 5.39. The van der Waals surface area contributed by atoms with Gasteiger partial charge in [-0.25, -0.2) is 9.97 Å². The van der Waals surface area contributed by atoms with Crippen molar-refractivity contribution < 1.29 is 0 Å². The lowest BCUT2D eigenvalue weighted by Gasteiger charge is -2.34. The Hall–Kier alpha value is -8.01. The molecular weight excluding hydrogens is 763 g/mol. The van der Waals surface area contributed by atoms with Crippen LogP contribution in [0.25, 0.3) is 78.4 Å². The van der Waals surface area contributed by atoms with Crippen LogP contribution in [0.5, 0.6) is 0 Å². The van der Waals surface area contributed by atoms with Gasteiger partial charge in [0.05, 0.1) is 16.8 Å².